The average molecular weight is 336 g/mol. The molecule has 20 heavy (non-hydrogen) atoms. The SMILES string of the molecule is CCc1cccc(N(C)N)c1COc1cccc(Br)n1. The van der Waals surface area contributed by atoms with Gasteiger partial charge in [-0.15, -0.1) is 0 Å². The van der Waals surface area contributed by atoms with Crippen molar-refractivity contribution in [3.63, 3.8) is 0 Å². The fraction of sp³-hybridized carbons (Fsp3) is 0.267. The second kappa shape index (κ2) is 6.72. The van der Waals surface area contributed by atoms with Gasteiger partial charge in [-0.05, 0) is 40.0 Å². The van der Waals surface area contributed by atoms with Crippen LogP contribution in [-0.4, -0.2) is 12.0 Å². The van der Waals surface area contributed by atoms with Gasteiger partial charge in [0.05, 0.1) is 5.69 Å². The van der Waals surface area contributed by atoms with Crippen molar-refractivity contribution in [3.05, 3.63) is 52.1 Å². The van der Waals surface area contributed by atoms with E-state index in [1.807, 2.05) is 37.4 Å². The maximum absolute atomic E-state index is 5.89. The minimum Gasteiger partial charge on any atom is -0.473 e. The highest BCUT2D eigenvalue weighted by Crippen LogP contribution is 2.24. The number of nitrogens with two attached hydrogens (primary N) is 1. The summed E-state index contributed by atoms with van der Waals surface area (Å²) in [7, 11) is 1.83. The summed E-state index contributed by atoms with van der Waals surface area (Å²) in [4.78, 5) is 4.27. The van der Waals surface area contributed by atoms with Gasteiger partial charge in [0, 0.05) is 18.7 Å². The number of halogens is 1. The van der Waals surface area contributed by atoms with E-state index in [0.717, 1.165) is 22.3 Å². The Morgan fingerprint density at radius 3 is 2.65 bits per heavy atom. The molecule has 5 heteroatoms. The van der Waals surface area contributed by atoms with E-state index in [9.17, 15) is 0 Å². The van der Waals surface area contributed by atoms with Crippen LogP contribution in [0.5, 0.6) is 5.88 Å². The van der Waals surface area contributed by atoms with Gasteiger partial charge in [-0.2, -0.15) is 0 Å². The van der Waals surface area contributed by atoms with Crippen LogP contribution in [0.4, 0.5) is 5.69 Å². The molecular formula is C15H18BrN3O. The van der Waals surface area contributed by atoms with Gasteiger partial charge < -0.3 is 9.75 Å². The van der Waals surface area contributed by atoms with Crippen LogP contribution in [0.2, 0.25) is 0 Å². The first-order valence-corrected chi connectivity index (χ1v) is 7.25. The first kappa shape index (κ1) is 14.8. The van der Waals surface area contributed by atoms with Crippen molar-refractivity contribution >= 4 is 21.6 Å². The van der Waals surface area contributed by atoms with Crippen LogP contribution in [0, 0.1) is 0 Å². The minimum atomic E-state index is 0.449. The highest BCUT2D eigenvalue weighted by molar-refractivity contribution is 9.10. The number of anilines is 1. The fourth-order valence-corrected chi connectivity index (χ4v) is 2.39. The van der Waals surface area contributed by atoms with Crippen molar-refractivity contribution in [1.29, 1.82) is 0 Å². The lowest BCUT2D eigenvalue weighted by Gasteiger charge is -2.19. The van der Waals surface area contributed by atoms with E-state index >= 15 is 0 Å². The monoisotopic (exact) mass is 335 g/mol. The summed E-state index contributed by atoms with van der Waals surface area (Å²) < 4.78 is 6.54. The van der Waals surface area contributed by atoms with Gasteiger partial charge in [0.2, 0.25) is 5.88 Å². The first-order valence-electron chi connectivity index (χ1n) is 6.46. The summed E-state index contributed by atoms with van der Waals surface area (Å²) in [6.45, 7) is 2.57. The molecule has 0 amide bonds. The van der Waals surface area contributed by atoms with E-state index in [1.165, 1.54) is 5.56 Å². The highest BCUT2D eigenvalue weighted by atomic mass is 79.9. The summed E-state index contributed by atoms with van der Waals surface area (Å²) in [5.41, 5.74) is 3.30. The van der Waals surface area contributed by atoms with Crippen molar-refractivity contribution < 1.29 is 4.74 Å². The standard InChI is InChI=1S/C15H18BrN3O/c1-3-11-6-4-7-13(19(2)17)12(11)10-20-15-9-5-8-14(16)18-15/h4-9H,3,10,17H2,1-2H3. The van der Waals surface area contributed by atoms with Crippen LogP contribution in [0.15, 0.2) is 41.0 Å². The molecule has 0 atom stereocenters. The number of ether oxygens (including phenoxy) is 1. The number of hydrazine groups is 1. The van der Waals surface area contributed by atoms with Gasteiger partial charge in [0.1, 0.15) is 11.2 Å². The number of aryl methyl sites for hydroxylation is 1. The first-order chi connectivity index (χ1) is 9.61. The summed E-state index contributed by atoms with van der Waals surface area (Å²) in [6.07, 6.45) is 0.937. The lowest BCUT2D eigenvalue weighted by atomic mass is 10.0. The Morgan fingerprint density at radius 2 is 2.00 bits per heavy atom. The van der Waals surface area contributed by atoms with Crippen LogP contribution < -0.4 is 15.6 Å². The van der Waals surface area contributed by atoms with E-state index in [2.05, 4.69) is 33.9 Å². The molecule has 0 fully saturated rings. The topological polar surface area (TPSA) is 51.4 Å². The number of nitrogens with zero attached hydrogens (tertiary/aromatic N) is 2. The minimum absolute atomic E-state index is 0.449. The molecule has 2 N–H and O–H groups in total. The Balaban J connectivity index is 2.24. The Bertz CT molecular complexity index is 587. The summed E-state index contributed by atoms with van der Waals surface area (Å²) in [5.74, 6) is 6.48. The van der Waals surface area contributed by atoms with E-state index in [-0.39, 0.29) is 0 Å². The lowest BCUT2D eigenvalue weighted by Crippen LogP contribution is -2.27. The lowest BCUT2D eigenvalue weighted by molar-refractivity contribution is 0.292. The van der Waals surface area contributed by atoms with E-state index in [0.29, 0.717) is 12.5 Å². The molecular weight excluding hydrogens is 318 g/mol. The Labute approximate surface area is 127 Å². The zero-order valence-electron chi connectivity index (χ0n) is 11.6. The maximum Gasteiger partial charge on any atom is 0.214 e. The fourth-order valence-electron chi connectivity index (χ4n) is 2.07. The molecule has 106 valence electrons. The van der Waals surface area contributed by atoms with Crippen LogP contribution in [0.3, 0.4) is 0 Å². The summed E-state index contributed by atoms with van der Waals surface area (Å²) in [5, 5.41) is 1.62. The molecule has 4 nitrogen and oxygen atoms in total. The van der Waals surface area contributed by atoms with Crippen LogP contribution >= 0.6 is 15.9 Å². The number of pyridine rings is 1. The molecule has 2 rings (SSSR count). The highest BCUT2D eigenvalue weighted by Gasteiger charge is 2.10. The Kier molecular flexibility index (Phi) is 4.98. The van der Waals surface area contributed by atoms with Crippen molar-refractivity contribution in [2.75, 3.05) is 12.1 Å². The molecule has 1 aromatic heterocycles. The second-order valence-electron chi connectivity index (χ2n) is 4.47. The predicted molar refractivity (Wildman–Crippen MR) is 84.7 cm³/mol. The van der Waals surface area contributed by atoms with E-state index in [4.69, 9.17) is 10.6 Å². The molecule has 0 bridgehead atoms. The number of benzene rings is 1. The molecule has 0 radical (unpaired) electrons. The Hall–Kier alpha value is -1.59. The number of aromatic nitrogens is 1. The van der Waals surface area contributed by atoms with Crippen molar-refractivity contribution in [2.45, 2.75) is 20.0 Å². The van der Waals surface area contributed by atoms with E-state index < -0.39 is 0 Å². The molecule has 0 aliphatic rings. The summed E-state index contributed by atoms with van der Waals surface area (Å²) in [6, 6.07) is 11.7. The average Bonchev–Trinajstić information content (AvgIpc) is 2.44. The van der Waals surface area contributed by atoms with E-state index in [1.54, 1.807) is 5.01 Å². The smallest absolute Gasteiger partial charge is 0.214 e. The van der Waals surface area contributed by atoms with Crippen LogP contribution in [0.1, 0.15) is 18.1 Å². The second-order valence-corrected chi connectivity index (χ2v) is 5.28. The number of hydrogen-bond donors (Lipinski definition) is 1. The molecule has 0 spiro atoms. The largest absolute Gasteiger partial charge is 0.473 e. The molecule has 0 unspecified atom stereocenters. The zero-order chi connectivity index (χ0) is 14.5. The zero-order valence-corrected chi connectivity index (χ0v) is 13.2. The molecule has 0 saturated heterocycles. The number of hydrogen-bond acceptors (Lipinski definition) is 4. The quantitative estimate of drug-likeness (QED) is 0.517. The van der Waals surface area contributed by atoms with Gasteiger partial charge in [-0.1, -0.05) is 25.1 Å². The van der Waals surface area contributed by atoms with Crippen molar-refractivity contribution in [3.8, 4) is 5.88 Å². The molecule has 2 aromatic rings. The van der Waals surface area contributed by atoms with Crippen molar-refractivity contribution in [2.24, 2.45) is 5.84 Å². The third kappa shape index (κ3) is 3.49. The number of rotatable bonds is 5. The van der Waals surface area contributed by atoms with Crippen LogP contribution in [-0.2, 0) is 13.0 Å². The molecule has 1 heterocycles. The molecule has 0 aliphatic carbocycles. The van der Waals surface area contributed by atoms with Gasteiger partial charge in [-0.25, -0.2) is 10.8 Å². The molecule has 1 aromatic carbocycles. The van der Waals surface area contributed by atoms with Gasteiger partial charge in [-0.3, -0.25) is 0 Å². The normalized spacial score (nSPS) is 10.4. The predicted octanol–water partition coefficient (Wildman–Crippen LogP) is 3.30. The van der Waals surface area contributed by atoms with Gasteiger partial charge >= 0.3 is 0 Å². The Morgan fingerprint density at radius 1 is 1.25 bits per heavy atom. The third-order valence-corrected chi connectivity index (χ3v) is 3.50. The third-order valence-electron chi connectivity index (χ3n) is 3.06. The molecule has 0 saturated carbocycles. The summed E-state index contributed by atoms with van der Waals surface area (Å²) >= 11 is 3.33. The van der Waals surface area contributed by atoms with Crippen molar-refractivity contribution in [1.82, 2.24) is 4.98 Å². The van der Waals surface area contributed by atoms with Gasteiger partial charge in [0.25, 0.3) is 0 Å². The maximum atomic E-state index is 5.89. The van der Waals surface area contributed by atoms with Crippen LogP contribution in [0.25, 0.3) is 0 Å². The molecule has 0 aliphatic heterocycles. The van der Waals surface area contributed by atoms with Gasteiger partial charge in [0.15, 0.2) is 0 Å².